The Morgan fingerprint density at radius 2 is 1.45 bits per heavy atom. The minimum absolute atomic E-state index is 0.193. The van der Waals surface area contributed by atoms with Crippen LogP contribution in [0.2, 0.25) is 10.0 Å². The third-order valence-corrected chi connectivity index (χ3v) is 6.96. The first-order chi connectivity index (χ1) is 18.4. The molecule has 0 saturated carbocycles. The van der Waals surface area contributed by atoms with Crippen molar-refractivity contribution in [2.24, 2.45) is 0 Å². The van der Waals surface area contributed by atoms with Gasteiger partial charge in [-0.05, 0) is 41.5 Å². The molecule has 188 valence electrons. The van der Waals surface area contributed by atoms with Crippen LogP contribution in [0.3, 0.4) is 0 Å². The maximum Gasteiger partial charge on any atom is 0.378 e. The predicted molar refractivity (Wildman–Crippen MR) is 151 cm³/mol. The molecule has 0 amide bonds. The van der Waals surface area contributed by atoms with E-state index in [0.717, 1.165) is 15.6 Å². The second kappa shape index (κ2) is 11.3. The number of aromatic nitrogens is 3. The predicted octanol–water partition coefficient (Wildman–Crippen LogP) is 7.71. The first-order valence-electron chi connectivity index (χ1n) is 11.4. The molecule has 0 saturated heterocycles. The Bertz CT molecular complexity index is 1620. The van der Waals surface area contributed by atoms with Crippen LogP contribution in [0.15, 0.2) is 102 Å². The third kappa shape index (κ3) is 5.70. The summed E-state index contributed by atoms with van der Waals surface area (Å²) in [7, 11) is 0. The number of rotatable bonds is 7. The summed E-state index contributed by atoms with van der Waals surface area (Å²) in [6.45, 7) is -0.446. The number of ether oxygens (including phenoxy) is 1. The van der Waals surface area contributed by atoms with Crippen LogP contribution in [0.4, 0.5) is 0 Å². The molecule has 0 aliphatic carbocycles. The van der Waals surface area contributed by atoms with Gasteiger partial charge in [-0.2, -0.15) is 0 Å². The quantitative estimate of drug-likeness (QED) is 0.140. The molecule has 6 nitrogen and oxygen atoms in total. The van der Waals surface area contributed by atoms with Gasteiger partial charge in [0.15, 0.2) is 18.2 Å². The van der Waals surface area contributed by atoms with E-state index in [4.69, 9.17) is 27.9 Å². The minimum Gasteiger partial charge on any atom is -0.451 e. The first-order valence-corrected chi connectivity index (χ1v) is 13.0. The molecular formula is C29H18BrCl2N3O3. The molecule has 9 heteroatoms. The molecule has 4 aromatic carbocycles. The third-order valence-electron chi connectivity index (χ3n) is 5.69. The van der Waals surface area contributed by atoms with Gasteiger partial charge in [0, 0.05) is 15.6 Å². The second-order valence-corrected chi connectivity index (χ2v) is 9.95. The van der Waals surface area contributed by atoms with Crippen LogP contribution in [-0.4, -0.2) is 33.1 Å². The van der Waals surface area contributed by atoms with Gasteiger partial charge in [-0.1, -0.05) is 106 Å². The molecule has 1 heterocycles. The molecule has 0 radical (unpaired) electrons. The number of nitrogens with zero attached hydrogens (tertiary/aromatic N) is 3. The van der Waals surface area contributed by atoms with Crippen molar-refractivity contribution in [3.05, 3.63) is 123 Å². The molecule has 0 unspecified atom stereocenters. The van der Waals surface area contributed by atoms with Crippen molar-refractivity contribution in [2.45, 2.75) is 0 Å². The fourth-order valence-electron chi connectivity index (χ4n) is 3.74. The highest BCUT2D eigenvalue weighted by atomic mass is 79.9. The van der Waals surface area contributed by atoms with E-state index in [1.165, 1.54) is 4.68 Å². The van der Waals surface area contributed by atoms with Crippen LogP contribution in [0.1, 0.15) is 21.0 Å². The SMILES string of the molecule is O=C(COC(=O)c1nc(-c2ccc(Br)cc2)n(-c2ccc(Cl)c(Cl)c2)n1)c1ccc(-c2ccccc2)cc1. The van der Waals surface area contributed by atoms with E-state index in [0.29, 0.717) is 32.7 Å². The van der Waals surface area contributed by atoms with E-state index >= 15 is 0 Å². The van der Waals surface area contributed by atoms with Gasteiger partial charge in [-0.25, -0.2) is 14.5 Å². The van der Waals surface area contributed by atoms with Crippen molar-refractivity contribution in [3.63, 3.8) is 0 Å². The molecule has 38 heavy (non-hydrogen) atoms. The molecule has 0 N–H and O–H groups in total. The largest absolute Gasteiger partial charge is 0.451 e. The second-order valence-electron chi connectivity index (χ2n) is 8.22. The van der Waals surface area contributed by atoms with Crippen molar-refractivity contribution in [1.82, 2.24) is 14.8 Å². The molecule has 0 aliphatic heterocycles. The monoisotopic (exact) mass is 605 g/mol. The Hall–Kier alpha value is -3.78. The van der Waals surface area contributed by atoms with Gasteiger partial charge in [-0.15, -0.1) is 5.10 Å². The zero-order valence-electron chi connectivity index (χ0n) is 19.6. The summed E-state index contributed by atoms with van der Waals surface area (Å²) >= 11 is 15.7. The molecule has 5 rings (SSSR count). The van der Waals surface area contributed by atoms with Crippen molar-refractivity contribution in [1.29, 1.82) is 0 Å². The summed E-state index contributed by atoms with van der Waals surface area (Å²) in [4.78, 5) is 30.0. The Balaban J connectivity index is 1.35. The lowest BCUT2D eigenvalue weighted by Gasteiger charge is -2.07. The number of ketones is 1. The number of hydrogen-bond donors (Lipinski definition) is 0. The number of hydrogen-bond acceptors (Lipinski definition) is 5. The van der Waals surface area contributed by atoms with Gasteiger partial charge < -0.3 is 4.74 Å². The number of halogens is 3. The molecule has 5 aromatic rings. The van der Waals surface area contributed by atoms with Gasteiger partial charge in [0.2, 0.25) is 0 Å². The Morgan fingerprint density at radius 3 is 2.13 bits per heavy atom. The number of esters is 1. The van der Waals surface area contributed by atoms with E-state index in [1.807, 2.05) is 66.7 Å². The molecule has 0 fully saturated rings. The Labute approximate surface area is 236 Å². The first kappa shape index (κ1) is 25.9. The summed E-state index contributed by atoms with van der Waals surface area (Å²) in [6.07, 6.45) is 0. The number of Topliss-reactive ketones (excluding diaryl/α,β-unsaturated/α-hetero) is 1. The topological polar surface area (TPSA) is 74.1 Å². The highest BCUT2D eigenvalue weighted by Crippen LogP contribution is 2.28. The molecular weight excluding hydrogens is 589 g/mol. The van der Waals surface area contributed by atoms with Crippen molar-refractivity contribution in [3.8, 4) is 28.2 Å². The van der Waals surface area contributed by atoms with Gasteiger partial charge in [0.05, 0.1) is 15.7 Å². The minimum atomic E-state index is -0.823. The van der Waals surface area contributed by atoms with Crippen LogP contribution in [0.5, 0.6) is 0 Å². The molecule has 0 spiro atoms. The molecule has 0 aliphatic rings. The lowest BCUT2D eigenvalue weighted by Crippen LogP contribution is -2.15. The van der Waals surface area contributed by atoms with Crippen molar-refractivity contribution >= 4 is 50.9 Å². The fourth-order valence-corrected chi connectivity index (χ4v) is 4.30. The van der Waals surface area contributed by atoms with E-state index in [-0.39, 0.29) is 11.6 Å². The lowest BCUT2D eigenvalue weighted by molar-refractivity contribution is 0.0462. The van der Waals surface area contributed by atoms with E-state index < -0.39 is 12.6 Å². The number of carbonyl (C=O) groups excluding carboxylic acids is 2. The maximum atomic E-state index is 12.9. The van der Waals surface area contributed by atoms with Crippen molar-refractivity contribution in [2.75, 3.05) is 6.61 Å². The van der Waals surface area contributed by atoms with Gasteiger partial charge in [0.1, 0.15) is 0 Å². The van der Waals surface area contributed by atoms with Gasteiger partial charge in [0.25, 0.3) is 5.82 Å². The molecule has 0 bridgehead atoms. The summed E-state index contributed by atoms with van der Waals surface area (Å²) in [5, 5.41) is 5.07. The fraction of sp³-hybridized carbons (Fsp3) is 0.0345. The summed E-state index contributed by atoms with van der Waals surface area (Å²) in [6, 6.07) is 29.3. The summed E-state index contributed by atoms with van der Waals surface area (Å²) in [5.74, 6) is -0.960. The lowest BCUT2D eigenvalue weighted by atomic mass is 10.0. The standard InChI is InChI=1S/C29H18BrCl2N3O3/c30-22-12-10-21(11-13-22)28-33-27(34-35(28)23-14-15-24(31)25(32)16-23)29(37)38-17-26(36)20-8-6-19(7-9-20)18-4-2-1-3-5-18/h1-16H,17H2. The zero-order valence-corrected chi connectivity index (χ0v) is 22.7. The average Bonchev–Trinajstić information content (AvgIpc) is 3.40. The van der Waals surface area contributed by atoms with Crippen LogP contribution in [0.25, 0.3) is 28.2 Å². The summed E-state index contributed by atoms with van der Waals surface area (Å²) < 4.78 is 7.64. The molecule has 1 aromatic heterocycles. The zero-order chi connectivity index (χ0) is 26.6. The highest BCUT2D eigenvalue weighted by Gasteiger charge is 2.21. The van der Waals surface area contributed by atoms with E-state index in [9.17, 15) is 9.59 Å². The normalized spacial score (nSPS) is 10.8. The number of benzene rings is 4. The Kier molecular flexibility index (Phi) is 7.69. The van der Waals surface area contributed by atoms with E-state index in [1.54, 1.807) is 30.3 Å². The van der Waals surface area contributed by atoms with E-state index in [2.05, 4.69) is 26.0 Å². The van der Waals surface area contributed by atoms with Crippen LogP contribution in [0, 0.1) is 0 Å². The smallest absolute Gasteiger partial charge is 0.378 e. The molecule has 0 atom stereocenters. The van der Waals surface area contributed by atoms with Crippen LogP contribution >= 0.6 is 39.1 Å². The van der Waals surface area contributed by atoms with Crippen LogP contribution in [-0.2, 0) is 4.74 Å². The van der Waals surface area contributed by atoms with Crippen LogP contribution < -0.4 is 0 Å². The maximum absolute atomic E-state index is 12.9. The van der Waals surface area contributed by atoms with Gasteiger partial charge in [-0.3, -0.25) is 4.79 Å². The highest BCUT2D eigenvalue weighted by molar-refractivity contribution is 9.10. The Morgan fingerprint density at radius 1 is 0.789 bits per heavy atom. The average molecular weight is 607 g/mol. The van der Waals surface area contributed by atoms with Crippen molar-refractivity contribution < 1.29 is 14.3 Å². The number of carbonyl (C=O) groups is 2. The summed E-state index contributed by atoms with van der Waals surface area (Å²) in [5.41, 5.74) is 3.72. The van der Waals surface area contributed by atoms with Gasteiger partial charge >= 0.3 is 5.97 Å².